The molecule has 1 rings (SSSR count). The first-order valence-electron chi connectivity index (χ1n) is 4.19. The third-order valence-electron chi connectivity index (χ3n) is 1.97. The maximum absolute atomic E-state index is 10.5. The zero-order chi connectivity index (χ0) is 10.9. The van der Waals surface area contributed by atoms with E-state index in [2.05, 4.69) is 57.8 Å². The van der Waals surface area contributed by atoms with E-state index in [0.717, 1.165) is 14.5 Å². The van der Waals surface area contributed by atoms with Crippen LogP contribution in [-0.2, 0) is 5.41 Å². The van der Waals surface area contributed by atoms with Crippen molar-refractivity contribution in [2.75, 3.05) is 0 Å². The van der Waals surface area contributed by atoms with E-state index in [1.54, 1.807) is 0 Å². The van der Waals surface area contributed by atoms with E-state index in [4.69, 9.17) is 0 Å². The van der Waals surface area contributed by atoms with Gasteiger partial charge in [0.1, 0.15) is 5.69 Å². The van der Waals surface area contributed by atoms with Crippen LogP contribution in [0.25, 0.3) is 0 Å². The number of hydrogen-bond donors (Lipinski definition) is 0. The van der Waals surface area contributed by atoms with Gasteiger partial charge in [-0.05, 0) is 60.1 Å². The van der Waals surface area contributed by atoms with E-state index >= 15 is 0 Å². The van der Waals surface area contributed by atoms with Gasteiger partial charge in [0, 0.05) is 8.95 Å². The Morgan fingerprint density at radius 2 is 1.57 bits per heavy atom. The van der Waals surface area contributed by atoms with E-state index in [9.17, 15) is 4.91 Å². The number of hydrogen-bond acceptors (Lipinski definition) is 2. The molecule has 0 saturated carbocycles. The molecule has 14 heavy (non-hydrogen) atoms. The lowest BCUT2D eigenvalue weighted by molar-refractivity contribution is 0.589. The molecular weight excluding hydrogens is 310 g/mol. The largest absolute Gasteiger partial charge is 0.145 e. The molecule has 2 nitrogen and oxygen atoms in total. The van der Waals surface area contributed by atoms with Gasteiger partial charge in [0.2, 0.25) is 0 Å². The third kappa shape index (κ3) is 2.42. The van der Waals surface area contributed by atoms with Gasteiger partial charge in [-0.15, -0.1) is 4.91 Å². The van der Waals surface area contributed by atoms with Crippen LogP contribution in [0, 0.1) is 4.91 Å². The summed E-state index contributed by atoms with van der Waals surface area (Å²) in [5.74, 6) is 0. The maximum Gasteiger partial charge on any atom is 0.136 e. The van der Waals surface area contributed by atoms with Crippen molar-refractivity contribution in [1.29, 1.82) is 0 Å². The summed E-state index contributed by atoms with van der Waals surface area (Å²) in [6.07, 6.45) is 0. The lowest BCUT2D eigenvalue weighted by Gasteiger charge is -2.20. The molecule has 0 unspecified atom stereocenters. The van der Waals surface area contributed by atoms with Crippen LogP contribution >= 0.6 is 31.9 Å². The standard InChI is InChI=1S/C10H11Br2NO/c1-10(2,3)6-4-7(11)9(13-14)8(12)5-6/h4-5H,1-3H3. The molecule has 76 valence electrons. The molecule has 0 saturated heterocycles. The summed E-state index contributed by atoms with van der Waals surface area (Å²) in [5, 5.41) is 2.95. The van der Waals surface area contributed by atoms with Crippen LogP contribution in [0.2, 0.25) is 0 Å². The van der Waals surface area contributed by atoms with Gasteiger partial charge in [-0.25, -0.2) is 0 Å². The van der Waals surface area contributed by atoms with Crippen LogP contribution in [0.1, 0.15) is 26.3 Å². The number of nitrogens with zero attached hydrogens (tertiary/aromatic N) is 1. The van der Waals surface area contributed by atoms with E-state index in [0.29, 0.717) is 5.69 Å². The van der Waals surface area contributed by atoms with E-state index in [-0.39, 0.29) is 5.41 Å². The number of halogens is 2. The summed E-state index contributed by atoms with van der Waals surface area (Å²) < 4.78 is 1.46. The van der Waals surface area contributed by atoms with Crippen molar-refractivity contribution in [3.8, 4) is 0 Å². The predicted octanol–water partition coefficient (Wildman–Crippen LogP) is 4.91. The fourth-order valence-corrected chi connectivity index (χ4v) is 2.42. The van der Waals surface area contributed by atoms with Gasteiger partial charge in [0.15, 0.2) is 0 Å². The lowest BCUT2D eigenvalue weighted by atomic mass is 9.87. The summed E-state index contributed by atoms with van der Waals surface area (Å²) in [6.45, 7) is 6.36. The van der Waals surface area contributed by atoms with Crippen molar-refractivity contribution in [1.82, 2.24) is 0 Å². The minimum absolute atomic E-state index is 0.0620. The molecule has 0 amide bonds. The first-order valence-corrected chi connectivity index (χ1v) is 5.77. The Hall–Kier alpha value is -0.220. The fraction of sp³-hybridized carbons (Fsp3) is 0.400. The molecular formula is C10H11Br2NO. The molecule has 0 aliphatic heterocycles. The second-order valence-corrected chi connectivity index (χ2v) is 5.84. The Labute approximate surface area is 100 Å². The zero-order valence-corrected chi connectivity index (χ0v) is 11.4. The van der Waals surface area contributed by atoms with Gasteiger partial charge in [-0.1, -0.05) is 20.8 Å². The average molecular weight is 321 g/mol. The Balaban J connectivity index is 3.35. The molecule has 1 aromatic carbocycles. The molecule has 0 spiro atoms. The summed E-state index contributed by atoms with van der Waals surface area (Å²) >= 11 is 6.65. The predicted molar refractivity (Wildman–Crippen MR) is 66.0 cm³/mol. The van der Waals surface area contributed by atoms with E-state index in [1.807, 2.05) is 12.1 Å². The number of benzene rings is 1. The molecule has 0 bridgehead atoms. The molecule has 0 atom stereocenters. The first kappa shape index (κ1) is 11.9. The maximum atomic E-state index is 10.5. The van der Waals surface area contributed by atoms with Crippen LogP contribution in [0.4, 0.5) is 5.69 Å². The summed E-state index contributed by atoms with van der Waals surface area (Å²) in [5.41, 5.74) is 1.63. The Morgan fingerprint density at radius 1 is 1.14 bits per heavy atom. The van der Waals surface area contributed by atoms with Crippen LogP contribution in [0.3, 0.4) is 0 Å². The van der Waals surface area contributed by atoms with Crippen molar-refractivity contribution in [2.24, 2.45) is 5.18 Å². The van der Waals surface area contributed by atoms with Gasteiger partial charge in [-0.2, -0.15) is 0 Å². The van der Waals surface area contributed by atoms with Crippen molar-refractivity contribution < 1.29 is 0 Å². The average Bonchev–Trinajstić information content (AvgIpc) is 2.01. The molecule has 0 heterocycles. The second-order valence-electron chi connectivity index (χ2n) is 4.13. The molecule has 0 N–H and O–H groups in total. The summed E-state index contributed by atoms with van der Waals surface area (Å²) in [4.78, 5) is 10.5. The topological polar surface area (TPSA) is 29.4 Å². The lowest BCUT2D eigenvalue weighted by Crippen LogP contribution is -2.10. The third-order valence-corrected chi connectivity index (χ3v) is 3.18. The molecule has 0 aliphatic rings. The van der Waals surface area contributed by atoms with Crippen LogP contribution < -0.4 is 0 Å². The van der Waals surface area contributed by atoms with Crippen molar-refractivity contribution in [2.45, 2.75) is 26.2 Å². The van der Waals surface area contributed by atoms with Crippen molar-refractivity contribution in [3.05, 3.63) is 31.5 Å². The summed E-state index contributed by atoms with van der Waals surface area (Å²) in [7, 11) is 0. The number of rotatable bonds is 1. The van der Waals surface area contributed by atoms with Gasteiger partial charge in [0.25, 0.3) is 0 Å². The Morgan fingerprint density at radius 3 is 1.86 bits per heavy atom. The second kappa shape index (κ2) is 4.11. The molecule has 1 aromatic rings. The highest BCUT2D eigenvalue weighted by molar-refractivity contribution is 9.11. The van der Waals surface area contributed by atoms with E-state index < -0.39 is 0 Å². The highest BCUT2D eigenvalue weighted by atomic mass is 79.9. The zero-order valence-electron chi connectivity index (χ0n) is 8.27. The van der Waals surface area contributed by atoms with Crippen LogP contribution in [0.5, 0.6) is 0 Å². The highest BCUT2D eigenvalue weighted by Crippen LogP contribution is 2.37. The molecule has 4 heteroatoms. The smallest absolute Gasteiger partial charge is 0.136 e. The van der Waals surface area contributed by atoms with Crippen LogP contribution in [-0.4, -0.2) is 0 Å². The van der Waals surface area contributed by atoms with Crippen molar-refractivity contribution in [3.63, 3.8) is 0 Å². The van der Waals surface area contributed by atoms with Gasteiger partial charge in [0.05, 0.1) is 0 Å². The SMILES string of the molecule is CC(C)(C)c1cc(Br)c(N=O)c(Br)c1. The monoisotopic (exact) mass is 319 g/mol. The van der Waals surface area contributed by atoms with Crippen molar-refractivity contribution >= 4 is 37.5 Å². The minimum atomic E-state index is 0.0620. The van der Waals surface area contributed by atoms with Gasteiger partial charge >= 0.3 is 0 Å². The highest BCUT2D eigenvalue weighted by Gasteiger charge is 2.17. The normalized spacial score (nSPS) is 11.5. The Bertz CT molecular complexity index is 346. The first-order chi connectivity index (χ1) is 6.36. The molecule has 0 radical (unpaired) electrons. The van der Waals surface area contributed by atoms with Gasteiger partial charge in [-0.3, -0.25) is 0 Å². The minimum Gasteiger partial charge on any atom is -0.145 e. The summed E-state index contributed by atoms with van der Waals surface area (Å²) in [6, 6.07) is 3.86. The van der Waals surface area contributed by atoms with Gasteiger partial charge < -0.3 is 0 Å². The van der Waals surface area contributed by atoms with E-state index in [1.165, 1.54) is 0 Å². The molecule has 0 aliphatic carbocycles. The fourth-order valence-electron chi connectivity index (χ4n) is 1.09. The molecule has 0 aromatic heterocycles. The number of nitroso groups, excluding NO2 is 1. The quantitative estimate of drug-likeness (QED) is 0.676. The van der Waals surface area contributed by atoms with Crippen LogP contribution in [0.15, 0.2) is 26.3 Å². The molecule has 0 fully saturated rings. The Kier molecular flexibility index (Phi) is 3.48.